The molecule has 216 valence electrons. The van der Waals surface area contributed by atoms with E-state index < -0.39 is 22.0 Å². The highest BCUT2D eigenvalue weighted by molar-refractivity contribution is 5.94. The topological polar surface area (TPSA) is 46.7 Å². The van der Waals surface area contributed by atoms with E-state index in [4.69, 9.17) is 4.74 Å². The molecule has 1 heterocycles. The quantitative estimate of drug-likeness (QED) is 0.238. The van der Waals surface area contributed by atoms with Crippen molar-refractivity contribution < 1.29 is 14.3 Å². The molecule has 4 unspecified atom stereocenters. The van der Waals surface area contributed by atoms with Crippen LogP contribution < -0.4 is 0 Å². The fourth-order valence-corrected chi connectivity index (χ4v) is 11.7. The van der Waals surface area contributed by atoms with Gasteiger partial charge in [0, 0.05) is 11.3 Å². The van der Waals surface area contributed by atoms with E-state index in [9.17, 15) is 4.79 Å². The van der Waals surface area contributed by atoms with Gasteiger partial charge in [0.2, 0.25) is 0 Å². The molecule has 3 heteroatoms. The lowest BCUT2D eigenvalue weighted by Gasteiger charge is -2.58. The molecule has 0 radical (unpaired) electrons. The Bertz CT molecular complexity index is 879. The highest BCUT2D eigenvalue weighted by Crippen LogP contribution is 2.73. The molecule has 0 spiro atoms. The van der Waals surface area contributed by atoms with Crippen LogP contribution in [0.3, 0.4) is 0 Å². The van der Waals surface area contributed by atoms with Crippen LogP contribution in [0.5, 0.6) is 0 Å². The predicted molar refractivity (Wildman–Crippen MR) is 155 cm³/mol. The lowest BCUT2D eigenvalue weighted by Crippen LogP contribution is -2.60. The van der Waals surface area contributed by atoms with Gasteiger partial charge in [0.1, 0.15) is 22.8 Å². The summed E-state index contributed by atoms with van der Waals surface area (Å²) >= 11 is 0. The first-order chi connectivity index (χ1) is 18.0. The molecule has 38 heavy (non-hydrogen) atoms. The molecule has 6 fully saturated rings. The second-order valence-corrected chi connectivity index (χ2v) is 15.2. The van der Waals surface area contributed by atoms with E-state index in [2.05, 4.69) is 48.5 Å². The van der Waals surface area contributed by atoms with Crippen LogP contribution in [0.2, 0.25) is 0 Å². The first-order valence-corrected chi connectivity index (χ1v) is 16.8. The second-order valence-electron chi connectivity index (χ2n) is 15.2. The Morgan fingerprint density at radius 3 is 1.63 bits per heavy atom. The third kappa shape index (κ3) is 3.82. The first kappa shape index (κ1) is 28.8. The van der Waals surface area contributed by atoms with E-state index in [1.165, 1.54) is 44.9 Å². The third-order valence-corrected chi connectivity index (χ3v) is 13.6. The zero-order chi connectivity index (χ0) is 27.6. The average Bonchev–Trinajstić information content (AvgIpc) is 3.63. The smallest absolute Gasteiger partial charge is 0.147 e. The van der Waals surface area contributed by atoms with Crippen molar-refractivity contribution in [2.75, 3.05) is 0 Å². The fraction of sp³-hybridized carbons (Fsp3) is 0.943. The maximum atomic E-state index is 15.0. The zero-order valence-corrected chi connectivity index (χ0v) is 25.9. The van der Waals surface area contributed by atoms with Crippen LogP contribution in [-0.4, -0.2) is 22.8 Å². The van der Waals surface area contributed by atoms with Crippen LogP contribution in [0.1, 0.15) is 151 Å². The van der Waals surface area contributed by atoms with Crippen molar-refractivity contribution >= 4 is 11.6 Å². The molecule has 1 saturated heterocycles. The Morgan fingerprint density at radius 2 is 1.21 bits per heavy atom. The Balaban J connectivity index is 1.46. The molecule has 0 aromatic heterocycles. The molecule has 6 rings (SSSR count). The summed E-state index contributed by atoms with van der Waals surface area (Å²) in [5.74, 6) is 4.16. The van der Waals surface area contributed by atoms with Crippen molar-refractivity contribution in [3.63, 3.8) is 0 Å². The SMILES string of the molecule is CCCC1CCC(C(=O)C(C)(CC)C2(CC)OC2(CC)C(C)(CC)C(=O)C23CC4CC(CC(C4)C2)C3)CC1. The monoisotopic (exact) mass is 526 g/mol. The third-order valence-electron chi connectivity index (χ3n) is 13.6. The largest absolute Gasteiger partial charge is 0.360 e. The van der Waals surface area contributed by atoms with Crippen LogP contribution in [0.25, 0.3) is 0 Å². The Hall–Kier alpha value is -0.700. The number of carbonyl (C=O) groups excluding carboxylic acids is 2. The van der Waals surface area contributed by atoms with Gasteiger partial charge in [-0.05, 0) is 127 Å². The van der Waals surface area contributed by atoms with E-state index >= 15 is 4.79 Å². The minimum atomic E-state index is -0.543. The minimum absolute atomic E-state index is 0.141. The van der Waals surface area contributed by atoms with Crippen LogP contribution in [-0.2, 0) is 14.3 Å². The minimum Gasteiger partial charge on any atom is -0.360 e. The summed E-state index contributed by atoms with van der Waals surface area (Å²) in [5.41, 5.74) is -2.30. The molecule has 1 aliphatic heterocycles. The van der Waals surface area contributed by atoms with E-state index in [1.807, 2.05) is 0 Å². The predicted octanol–water partition coefficient (Wildman–Crippen LogP) is 9.11. The number of carbonyl (C=O) groups is 2. The molecular weight excluding hydrogens is 468 g/mol. The van der Waals surface area contributed by atoms with Crippen LogP contribution in [0, 0.1) is 45.8 Å². The maximum Gasteiger partial charge on any atom is 0.147 e. The zero-order valence-electron chi connectivity index (χ0n) is 25.9. The van der Waals surface area contributed by atoms with Crippen molar-refractivity contribution in [1.29, 1.82) is 0 Å². The van der Waals surface area contributed by atoms with Crippen molar-refractivity contribution in [2.45, 2.75) is 162 Å². The van der Waals surface area contributed by atoms with Crippen molar-refractivity contribution in [1.82, 2.24) is 0 Å². The number of Topliss-reactive ketones (excluding diaryl/α,β-unsaturated/α-hetero) is 2. The van der Waals surface area contributed by atoms with E-state index in [1.54, 1.807) is 0 Å². The van der Waals surface area contributed by atoms with Gasteiger partial charge in [-0.25, -0.2) is 0 Å². The lowest BCUT2D eigenvalue weighted by molar-refractivity contribution is -0.158. The molecule has 0 aromatic rings. The fourth-order valence-electron chi connectivity index (χ4n) is 11.7. The molecule has 5 saturated carbocycles. The molecule has 3 nitrogen and oxygen atoms in total. The molecule has 4 bridgehead atoms. The van der Waals surface area contributed by atoms with Crippen molar-refractivity contribution in [2.24, 2.45) is 45.8 Å². The van der Waals surface area contributed by atoms with E-state index in [-0.39, 0.29) is 11.3 Å². The number of rotatable bonds is 12. The maximum absolute atomic E-state index is 15.0. The summed E-state index contributed by atoms with van der Waals surface area (Å²) < 4.78 is 7.12. The van der Waals surface area contributed by atoms with Gasteiger partial charge in [-0.2, -0.15) is 0 Å². The lowest BCUT2D eigenvalue weighted by atomic mass is 9.44. The van der Waals surface area contributed by atoms with Gasteiger partial charge in [0.15, 0.2) is 0 Å². The van der Waals surface area contributed by atoms with Gasteiger partial charge in [-0.15, -0.1) is 0 Å². The summed E-state index contributed by atoms with van der Waals surface area (Å²) in [6.45, 7) is 15.6. The summed E-state index contributed by atoms with van der Waals surface area (Å²) in [4.78, 5) is 29.5. The molecular formula is C35H58O3. The summed E-state index contributed by atoms with van der Waals surface area (Å²) in [7, 11) is 0. The first-order valence-electron chi connectivity index (χ1n) is 16.8. The highest BCUT2D eigenvalue weighted by Gasteiger charge is 2.83. The summed E-state index contributed by atoms with van der Waals surface area (Å²) in [6, 6.07) is 0. The highest BCUT2D eigenvalue weighted by atomic mass is 16.6. The number of epoxide rings is 1. The van der Waals surface area contributed by atoms with Gasteiger partial charge in [0.05, 0.1) is 10.8 Å². The number of ether oxygens (including phenoxy) is 1. The summed E-state index contributed by atoms with van der Waals surface area (Å²) in [5, 5.41) is 0. The second kappa shape index (κ2) is 9.99. The van der Waals surface area contributed by atoms with E-state index in [0.717, 1.165) is 81.5 Å². The summed E-state index contributed by atoms with van der Waals surface area (Å²) in [6.07, 6.45) is 17.6. The normalized spacial score (nSPS) is 44.9. The number of hydrogen-bond donors (Lipinski definition) is 0. The van der Waals surface area contributed by atoms with Crippen LogP contribution in [0.15, 0.2) is 0 Å². The molecule has 0 amide bonds. The van der Waals surface area contributed by atoms with Gasteiger partial charge >= 0.3 is 0 Å². The van der Waals surface area contributed by atoms with Crippen LogP contribution >= 0.6 is 0 Å². The van der Waals surface area contributed by atoms with Gasteiger partial charge in [0.25, 0.3) is 0 Å². The molecule has 0 N–H and O–H groups in total. The standard InChI is InChI=1S/C35H58O3/c1-8-13-24-14-16-28(17-15-24)29(36)31(6,9-2)34(11-4)35(12-5,38-34)32(7,10-3)30(37)33-21-25-18-26(22-33)20-27(19-25)23-33/h24-28H,8-23H2,1-7H3. The van der Waals surface area contributed by atoms with Crippen molar-refractivity contribution in [3.8, 4) is 0 Å². The molecule has 5 aliphatic carbocycles. The Labute approximate surface area is 234 Å². The molecule has 6 aliphatic rings. The molecule has 4 atom stereocenters. The van der Waals surface area contributed by atoms with Crippen LogP contribution in [0.4, 0.5) is 0 Å². The Kier molecular flexibility index (Phi) is 7.57. The number of ketones is 2. The molecule has 0 aromatic carbocycles. The number of hydrogen-bond acceptors (Lipinski definition) is 3. The Morgan fingerprint density at radius 1 is 0.737 bits per heavy atom. The van der Waals surface area contributed by atoms with Gasteiger partial charge in [-0.3, -0.25) is 9.59 Å². The van der Waals surface area contributed by atoms with Crippen molar-refractivity contribution in [3.05, 3.63) is 0 Å². The van der Waals surface area contributed by atoms with E-state index in [0.29, 0.717) is 11.6 Å². The van der Waals surface area contributed by atoms with Gasteiger partial charge < -0.3 is 4.74 Å². The van der Waals surface area contributed by atoms with Gasteiger partial charge in [-0.1, -0.05) is 47.5 Å². The average molecular weight is 527 g/mol.